The molecule has 1 aromatic heterocycles. The molecule has 5 heteroatoms. The average Bonchev–Trinajstić information content (AvgIpc) is 2.63. The molecule has 0 aliphatic heterocycles. The monoisotopic (exact) mass is 368 g/mol. The molecule has 26 heavy (non-hydrogen) atoms. The van der Waals surface area contributed by atoms with E-state index in [0.29, 0.717) is 35.7 Å². The summed E-state index contributed by atoms with van der Waals surface area (Å²) in [5.74, 6) is -0.0315. The van der Waals surface area contributed by atoms with Crippen LogP contribution in [0.3, 0.4) is 0 Å². The van der Waals surface area contributed by atoms with E-state index < -0.39 is 0 Å². The summed E-state index contributed by atoms with van der Waals surface area (Å²) in [7, 11) is 0. The quantitative estimate of drug-likeness (QED) is 0.727. The third kappa shape index (κ3) is 3.65. The summed E-state index contributed by atoms with van der Waals surface area (Å²) in [4.78, 5) is 12.8. The highest BCUT2D eigenvalue weighted by molar-refractivity contribution is 6.30. The van der Waals surface area contributed by atoms with Crippen molar-refractivity contribution in [3.8, 4) is 16.9 Å². The predicted octanol–water partition coefficient (Wildman–Crippen LogP) is 4.38. The van der Waals surface area contributed by atoms with Crippen LogP contribution in [-0.2, 0) is 19.4 Å². The lowest BCUT2D eigenvalue weighted by Gasteiger charge is -2.14. The summed E-state index contributed by atoms with van der Waals surface area (Å²) in [6.45, 7) is 4.24. The summed E-state index contributed by atoms with van der Waals surface area (Å²) >= 11 is 6.04. The van der Waals surface area contributed by atoms with Crippen molar-refractivity contribution >= 4 is 11.6 Å². The summed E-state index contributed by atoms with van der Waals surface area (Å²) < 4.78 is 1.41. The lowest BCUT2D eigenvalue weighted by atomic mass is 9.99. The number of hydrogen-bond acceptors (Lipinski definition) is 3. The van der Waals surface area contributed by atoms with Crippen molar-refractivity contribution < 1.29 is 5.11 Å². The molecule has 0 unspecified atom stereocenters. The summed E-state index contributed by atoms with van der Waals surface area (Å²) in [5, 5.41) is 15.8. The molecule has 4 nitrogen and oxygen atoms in total. The van der Waals surface area contributed by atoms with E-state index in [1.165, 1.54) is 4.68 Å². The van der Waals surface area contributed by atoms with Crippen LogP contribution in [0.2, 0.25) is 5.02 Å². The molecule has 134 valence electrons. The maximum absolute atomic E-state index is 12.8. The van der Waals surface area contributed by atoms with Crippen molar-refractivity contribution in [2.45, 2.75) is 33.2 Å². The minimum absolute atomic E-state index is 0.0315. The second-order valence-electron chi connectivity index (χ2n) is 6.24. The maximum Gasteiger partial charge on any atom is 0.278 e. The lowest BCUT2D eigenvalue weighted by molar-refractivity contribution is 0.451. The molecule has 0 bridgehead atoms. The Labute approximate surface area is 157 Å². The molecule has 0 spiro atoms. The Morgan fingerprint density at radius 1 is 1.12 bits per heavy atom. The number of rotatable bonds is 5. The normalized spacial score (nSPS) is 10.9. The number of benzene rings is 2. The van der Waals surface area contributed by atoms with Crippen LogP contribution in [0, 0.1) is 6.92 Å². The second kappa shape index (κ2) is 7.75. The minimum Gasteiger partial charge on any atom is -0.505 e. The van der Waals surface area contributed by atoms with Crippen LogP contribution in [0.4, 0.5) is 0 Å². The van der Waals surface area contributed by atoms with Gasteiger partial charge in [-0.25, -0.2) is 4.68 Å². The highest BCUT2D eigenvalue weighted by atomic mass is 35.5. The number of nitrogens with zero attached hydrogens (tertiary/aromatic N) is 2. The Bertz CT molecular complexity index is 996. The van der Waals surface area contributed by atoms with Crippen LogP contribution in [-0.4, -0.2) is 14.9 Å². The first kappa shape index (κ1) is 18.2. The minimum atomic E-state index is -0.272. The molecule has 0 radical (unpaired) electrons. The van der Waals surface area contributed by atoms with E-state index in [-0.39, 0.29) is 11.3 Å². The van der Waals surface area contributed by atoms with Gasteiger partial charge in [0.15, 0.2) is 5.75 Å². The van der Waals surface area contributed by atoms with Gasteiger partial charge in [0.1, 0.15) is 5.69 Å². The fourth-order valence-electron chi connectivity index (χ4n) is 3.05. The van der Waals surface area contributed by atoms with Crippen LogP contribution in [0.1, 0.15) is 23.7 Å². The first-order chi connectivity index (χ1) is 12.5. The van der Waals surface area contributed by atoms with Gasteiger partial charge in [-0.15, -0.1) is 0 Å². The molecule has 2 aromatic carbocycles. The van der Waals surface area contributed by atoms with Gasteiger partial charge in [0.05, 0.1) is 5.56 Å². The lowest BCUT2D eigenvalue weighted by Crippen LogP contribution is -2.25. The SMILES string of the molecule is CCn1nc(CCc2cccc(Cl)c2)c(O)c(-c2ccccc2C)c1=O. The van der Waals surface area contributed by atoms with Gasteiger partial charge in [0.25, 0.3) is 5.56 Å². The number of halogens is 1. The standard InChI is InChI=1S/C21H21ClN2O2/c1-3-24-21(26)19(17-10-5-4-7-14(17)2)20(25)18(23-24)12-11-15-8-6-9-16(22)13-15/h4-10,13,25H,3,11-12H2,1-2H3. The molecule has 0 saturated heterocycles. The molecule has 0 amide bonds. The zero-order chi connectivity index (χ0) is 18.7. The van der Waals surface area contributed by atoms with Crippen LogP contribution < -0.4 is 5.56 Å². The fraction of sp³-hybridized carbons (Fsp3) is 0.238. The molecule has 0 aliphatic rings. The van der Waals surface area contributed by atoms with Gasteiger partial charge < -0.3 is 5.11 Å². The fourth-order valence-corrected chi connectivity index (χ4v) is 3.26. The Balaban J connectivity index is 2.05. The molecule has 0 atom stereocenters. The van der Waals surface area contributed by atoms with Crippen molar-refractivity contribution in [3.63, 3.8) is 0 Å². The first-order valence-corrected chi connectivity index (χ1v) is 9.02. The van der Waals surface area contributed by atoms with Crippen LogP contribution in [0.15, 0.2) is 53.3 Å². The summed E-state index contributed by atoms with van der Waals surface area (Å²) in [5.41, 5.74) is 3.31. The zero-order valence-corrected chi connectivity index (χ0v) is 15.6. The maximum atomic E-state index is 12.8. The predicted molar refractivity (Wildman–Crippen MR) is 105 cm³/mol. The third-order valence-electron chi connectivity index (χ3n) is 4.45. The van der Waals surface area contributed by atoms with Crippen LogP contribution >= 0.6 is 11.6 Å². The average molecular weight is 369 g/mol. The second-order valence-corrected chi connectivity index (χ2v) is 6.67. The largest absolute Gasteiger partial charge is 0.505 e. The highest BCUT2D eigenvalue weighted by Gasteiger charge is 2.19. The Hall–Kier alpha value is -2.59. The van der Waals surface area contributed by atoms with Gasteiger partial charge in [-0.3, -0.25) is 4.79 Å². The number of aryl methyl sites for hydroxylation is 4. The van der Waals surface area contributed by atoms with E-state index in [1.807, 2.05) is 62.4 Å². The molecule has 1 N–H and O–H groups in total. The van der Waals surface area contributed by atoms with Crippen molar-refractivity contribution in [1.29, 1.82) is 0 Å². The third-order valence-corrected chi connectivity index (χ3v) is 4.69. The summed E-state index contributed by atoms with van der Waals surface area (Å²) in [6.07, 6.45) is 1.20. The van der Waals surface area contributed by atoms with E-state index >= 15 is 0 Å². The van der Waals surface area contributed by atoms with Crippen molar-refractivity contribution in [2.24, 2.45) is 0 Å². The molecule has 0 aliphatic carbocycles. The van der Waals surface area contributed by atoms with Gasteiger partial charge >= 0.3 is 0 Å². The van der Waals surface area contributed by atoms with Gasteiger partial charge in [-0.2, -0.15) is 5.10 Å². The van der Waals surface area contributed by atoms with Crippen molar-refractivity contribution in [3.05, 3.63) is 80.7 Å². The Morgan fingerprint density at radius 3 is 2.58 bits per heavy atom. The van der Waals surface area contributed by atoms with Gasteiger partial charge in [-0.1, -0.05) is 48.0 Å². The van der Waals surface area contributed by atoms with Crippen LogP contribution in [0.5, 0.6) is 5.75 Å². The van der Waals surface area contributed by atoms with E-state index in [4.69, 9.17) is 11.6 Å². The zero-order valence-electron chi connectivity index (χ0n) is 14.9. The first-order valence-electron chi connectivity index (χ1n) is 8.64. The number of aromatic hydroxyl groups is 1. The van der Waals surface area contributed by atoms with Gasteiger partial charge in [0, 0.05) is 11.6 Å². The van der Waals surface area contributed by atoms with E-state index in [1.54, 1.807) is 0 Å². The van der Waals surface area contributed by atoms with E-state index in [9.17, 15) is 9.90 Å². The molecule has 3 aromatic rings. The highest BCUT2D eigenvalue weighted by Crippen LogP contribution is 2.30. The molecular formula is C21H21ClN2O2. The van der Waals surface area contributed by atoms with Gasteiger partial charge in [0.2, 0.25) is 0 Å². The number of hydrogen-bond donors (Lipinski definition) is 1. The van der Waals surface area contributed by atoms with Crippen molar-refractivity contribution in [1.82, 2.24) is 9.78 Å². The van der Waals surface area contributed by atoms with E-state index in [0.717, 1.165) is 16.7 Å². The molecule has 1 heterocycles. The molecule has 3 rings (SSSR count). The molecular weight excluding hydrogens is 348 g/mol. The smallest absolute Gasteiger partial charge is 0.278 e. The topological polar surface area (TPSA) is 55.1 Å². The Kier molecular flexibility index (Phi) is 5.43. The molecule has 0 fully saturated rings. The van der Waals surface area contributed by atoms with Crippen LogP contribution in [0.25, 0.3) is 11.1 Å². The van der Waals surface area contributed by atoms with Crippen molar-refractivity contribution in [2.75, 3.05) is 0 Å². The number of aromatic nitrogens is 2. The molecule has 0 saturated carbocycles. The van der Waals surface area contributed by atoms with E-state index in [2.05, 4.69) is 5.10 Å². The summed E-state index contributed by atoms with van der Waals surface area (Å²) in [6, 6.07) is 15.2. The van der Waals surface area contributed by atoms with Gasteiger partial charge in [-0.05, 0) is 55.5 Å². The Morgan fingerprint density at radius 2 is 1.88 bits per heavy atom.